The molecule has 1 fully saturated rings. The number of likely N-dealkylation sites (tertiary alicyclic amines) is 1. The summed E-state index contributed by atoms with van der Waals surface area (Å²) in [4.78, 5) is 7.64. The molecule has 3 N–H and O–H groups in total. The topological polar surface area (TPSA) is 71.1 Å². The molecule has 1 saturated heterocycles. The Bertz CT molecular complexity index is 437. The summed E-state index contributed by atoms with van der Waals surface area (Å²) in [6.45, 7) is 3.33. The van der Waals surface area contributed by atoms with Gasteiger partial charge >= 0.3 is 0 Å². The average molecular weight is 291 g/mol. The third-order valence-corrected chi connectivity index (χ3v) is 3.70. The summed E-state index contributed by atoms with van der Waals surface area (Å²) in [7, 11) is 0. The van der Waals surface area contributed by atoms with E-state index in [2.05, 4.69) is 10.1 Å². The first-order chi connectivity index (χ1) is 10.3. The van der Waals surface area contributed by atoms with Crippen LogP contribution in [-0.2, 0) is 18.1 Å². The first-order valence-electron chi connectivity index (χ1n) is 7.63. The Hall–Kier alpha value is -1.59. The molecule has 5 heteroatoms. The quantitative estimate of drug-likeness (QED) is 0.477. The second-order valence-corrected chi connectivity index (χ2v) is 5.52. The maximum atomic E-state index is 8.98. The lowest BCUT2D eigenvalue weighted by Crippen LogP contribution is -2.34. The fourth-order valence-electron chi connectivity index (χ4n) is 2.48. The number of nitrogens with zero attached hydrogens (tertiary/aromatic N) is 2. The van der Waals surface area contributed by atoms with Crippen molar-refractivity contribution in [3.8, 4) is 0 Å². The summed E-state index contributed by atoms with van der Waals surface area (Å²) in [5.74, 6) is 0.531. The first kappa shape index (κ1) is 15.8. The minimum absolute atomic E-state index is 0.0576. The molecule has 2 rings (SSSR count). The first-order valence-corrected chi connectivity index (χ1v) is 7.63. The van der Waals surface area contributed by atoms with Crippen molar-refractivity contribution in [2.24, 2.45) is 10.9 Å². The highest BCUT2D eigenvalue weighted by Gasteiger charge is 2.10. The molecule has 1 aromatic rings. The summed E-state index contributed by atoms with van der Waals surface area (Å²) in [6, 6.07) is 7.60. The molecule has 0 spiro atoms. The zero-order valence-electron chi connectivity index (χ0n) is 12.5. The normalized spacial score (nSPS) is 17.5. The van der Waals surface area contributed by atoms with E-state index in [1.807, 2.05) is 24.3 Å². The number of nitrogens with two attached hydrogens (primary N) is 1. The van der Waals surface area contributed by atoms with E-state index in [-0.39, 0.29) is 6.61 Å². The molecule has 116 valence electrons. The molecule has 0 aromatic heterocycles. The number of aliphatic hydroxyl groups is 1. The second kappa shape index (κ2) is 8.64. The third-order valence-electron chi connectivity index (χ3n) is 3.70. The fourth-order valence-corrected chi connectivity index (χ4v) is 2.48. The van der Waals surface area contributed by atoms with Gasteiger partial charge in [0.05, 0.1) is 13.2 Å². The van der Waals surface area contributed by atoms with Crippen LogP contribution in [0.25, 0.3) is 0 Å². The molecular formula is C16H25N3O2. The van der Waals surface area contributed by atoms with E-state index >= 15 is 0 Å². The Morgan fingerprint density at radius 3 is 2.33 bits per heavy atom. The van der Waals surface area contributed by atoms with Crippen molar-refractivity contribution >= 4 is 5.84 Å². The van der Waals surface area contributed by atoms with Gasteiger partial charge in [-0.15, -0.1) is 0 Å². The highest BCUT2D eigenvalue weighted by Crippen LogP contribution is 2.09. The minimum atomic E-state index is 0.0576. The van der Waals surface area contributed by atoms with Gasteiger partial charge in [0.15, 0.2) is 5.84 Å². The van der Waals surface area contributed by atoms with Gasteiger partial charge in [-0.1, -0.05) is 42.3 Å². The third kappa shape index (κ3) is 5.73. The van der Waals surface area contributed by atoms with Gasteiger partial charge in [0, 0.05) is 0 Å². The fraction of sp³-hybridized carbons (Fsp3) is 0.562. The average Bonchev–Trinajstić information content (AvgIpc) is 2.76. The lowest BCUT2D eigenvalue weighted by Gasteiger charge is -2.18. The van der Waals surface area contributed by atoms with Crippen molar-refractivity contribution in [2.75, 3.05) is 19.6 Å². The van der Waals surface area contributed by atoms with Crippen LogP contribution in [0.5, 0.6) is 0 Å². The van der Waals surface area contributed by atoms with Crippen molar-refractivity contribution in [3.63, 3.8) is 0 Å². The summed E-state index contributed by atoms with van der Waals surface area (Å²) in [5, 5.41) is 13.0. The van der Waals surface area contributed by atoms with Gasteiger partial charge in [-0.3, -0.25) is 4.90 Å². The molecule has 1 aliphatic rings. The highest BCUT2D eigenvalue weighted by molar-refractivity contribution is 5.81. The minimum Gasteiger partial charge on any atom is -0.392 e. The van der Waals surface area contributed by atoms with Gasteiger partial charge in [-0.2, -0.15) is 0 Å². The highest BCUT2D eigenvalue weighted by atomic mass is 16.6. The van der Waals surface area contributed by atoms with Crippen LogP contribution in [0, 0.1) is 0 Å². The predicted octanol–water partition coefficient (Wildman–Crippen LogP) is 1.84. The lowest BCUT2D eigenvalue weighted by atomic mass is 10.1. The molecular weight excluding hydrogens is 266 g/mol. The van der Waals surface area contributed by atoms with Gasteiger partial charge in [0.1, 0.15) is 6.61 Å². The van der Waals surface area contributed by atoms with Crippen molar-refractivity contribution in [2.45, 2.75) is 38.9 Å². The van der Waals surface area contributed by atoms with E-state index in [0.717, 1.165) is 24.2 Å². The molecule has 1 aliphatic heterocycles. The Morgan fingerprint density at radius 1 is 1.10 bits per heavy atom. The zero-order valence-corrected chi connectivity index (χ0v) is 12.5. The van der Waals surface area contributed by atoms with Gasteiger partial charge in [0.2, 0.25) is 0 Å². The SMILES string of the molecule is N/C(CN1CCCCCC1)=N/OCc1ccc(CO)cc1. The Kier molecular flexibility index (Phi) is 6.50. The van der Waals surface area contributed by atoms with Crippen molar-refractivity contribution in [1.82, 2.24) is 4.90 Å². The van der Waals surface area contributed by atoms with Gasteiger partial charge < -0.3 is 15.7 Å². The molecule has 0 amide bonds. The van der Waals surface area contributed by atoms with E-state index in [1.165, 1.54) is 25.7 Å². The van der Waals surface area contributed by atoms with Crippen LogP contribution in [0.4, 0.5) is 0 Å². The van der Waals surface area contributed by atoms with E-state index in [0.29, 0.717) is 19.0 Å². The molecule has 21 heavy (non-hydrogen) atoms. The number of amidine groups is 1. The van der Waals surface area contributed by atoms with E-state index < -0.39 is 0 Å². The molecule has 5 nitrogen and oxygen atoms in total. The van der Waals surface area contributed by atoms with Crippen molar-refractivity contribution in [3.05, 3.63) is 35.4 Å². The summed E-state index contributed by atoms with van der Waals surface area (Å²) >= 11 is 0. The number of rotatable bonds is 6. The van der Waals surface area contributed by atoms with Crippen LogP contribution in [0.15, 0.2) is 29.4 Å². The number of benzene rings is 1. The van der Waals surface area contributed by atoms with E-state index in [1.54, 1.807) is 0 Å². The van der Waals surface area contributed by atoms with Gasteiger partial charge in [-0.25, -0.2) is 0 Å². The standard InChI is InChI=1S/C16H25N3O2/c17-16(11-19-9-3-1-2-4-10-19)18-21-13-15-7-5-14(12-20)6-8-15/h5-8,20H,1-4,9-13H2,(H2,17,18). The van der Waals surface area contributed by atoms with E-state index in [4.69, 9.17) is 15.7 Å². The van der Waals surface area contributed by atoms with Gasteiger partial charge in [-0.05, 0) is 37.1 Å². The van der Waals surface area contributed by atoms with Crippen LogP contribution in [-0.4, -0.2) is 35.5 Å². The van der Waals surface area contributed by atoms with Crippen LogP contribution in [0.3, 0.4) is 0 Å². The van der Waals surface area contributed by atoms with Crippen LogP contribution in [0.1, 0.15) is 36.8 Å². The van der Waals surface area contributed by atoms with Crippen LogP contribution < -0.4 is 5.73 Å². The summed E-state index contributed by atoms with van der Waals surface area (Å²) in [6.07, 6.45) is 5.11. The Labute approximate surface area is 126 Å². The van der Waals surface area contributed by atoms with E-state index in [9.17, 15) is 0 Å². The number of hydrogen-bond donors (Lipinski definition) is 2. The molecule has 0 unspecified atom stereocenters. The summed E-state index contributed by atoms with van der Waals surface area (Å²) < 4.78 is 0. The smallest absolute Gasteiger partial charge is 0.153 e. The second-order valence-electron chi connectivity index (χ2n) is 5.52. The molecule has 0 bridgehead atoms. The molecule has 0 saturated carbocycles. The Balaban J connectivity index is 1.74. The monoisotopic (exact) mass is 291 g/mol. The number of oxime groups is 1. The number of hydrogen-bond acceptors (Lipinski definition) is 4. The molecule has 1 aromatic carbocycles. The van der Waals surface area contributed by atoms with Crippen LogP contribution in [0.2, 0.25) is 0 Å². The zero-order chi connectivity index (χ0) is 14.9. The Morgan fingerprint density at radius 2 is 1.71 bits per heavy atom. The lowest BCUT2D eigenvalue weighted by molar-refractivity contribution is 0.128. The maximum Gasteiger partial charge on any atom is 0.153 e. The van der Waals surface area contributed by atoms with Crippen molar-refractivity contribution in [1.29, 1.82) is 0 Å². The van der Waals surface area contributed by atoms with Crippen LogP contribution >= 0.6 is 0 Å². The number of aliphatic hydroxyl groups excluding tert-OH is 1. The predicted molar refractivity (Wildman–Crippen MR) is 83.7 cm³/mol. The largest absolute Gasteiger partial charge is 0.392 e. The van der Waals surface area contributed by atoms with Gasteiger partial charge in [0.25, 0.3) is 0 Å². The maximum absolute atomic E-state index is 8.98. The van der Waals surface area contributed by atoms with Crippen molar-refractivity contribution < 1.29 is 9.94 Å². The molecule has 0 radical (unpaired) electrons. The molecule has 0 atom stereocenters. The molecule has 0 aliphatic carbocycles. The summed E-state index contributed by atoms with van der Waals surface area (Å²) in [5.41, 5.74) is 7.82. The molecule has 1 heterocycles.